The number of benzene rings is 1. The molecule has 20 heavy (non-hydrogen) atoms. The van der Waals surface area contributed by atoms with Crippen molar-refractivity contribution >= 4 is 17.4 Å². The Bertz CT molecular complexity index is 559. The number of ketones is 1. The molecule has 2 heterocycles. The van der Waals surface area contributed by atoms with Crippen molar-refractivity contribution < 1.29 is 14.3 Å². The summed E-state index contributed by atoms with van der Waals surface area (Å²) in [5.74, 6) is 0.0993. The molecule has 1 fully saturated rings. The van der Waals surface area contributed by atoms with Crippen LogP contribution in [0.1, 0.15) is 48.5 Å². The highest BCUT2D eigenvalue weighted by molar-refractivity contribution is 6.03. The largest absolute Gasteiger partial charge is 0.367 e. The highest BCUT2D eigenvalue weighted by atomic mass is 16.5. The summed E-state index contributed by atoms with van der Waals surface area (Å²) in [5, 5.41) is 2.89. The molecule has 1 unspecified atom stereocenters. The first-order chi connectivity index (χ1) is 9.58. The van der Waals surface area contributed by atoms with E-state index in [4.69, 9.17) is 4.74 Å². The van der Waals surface area contributed by atoms with Gasteiger partial charge in [-0.15, -0.1) is 0 Å². The summed E-state index contributed by atoms with van der Waals surface area (Å²) in [4.78, 5) is 24.1. The number of anilines is 1. The first-order valence-electron chi connectivity index (χ1n) is 7.20. The molecule has 1 aromatic rings. The minimum atomic E-state index is -0.678. The standard InChI is InChI=1S/C16H19NO3/c1-16(8-3-9-20-16)15(19)12-6-7-13-11(10-12)4-2-5-14(18)17-13/h6-7,10H,2-5,8-9H2,1H3,(H,17,18). The van der Waals surface area contributed by atoms with Gasteiger partial charge in [0.1, 0.15) is 5.60 Å². The summed E-state index contributed by atoms with van der Waals surface area (Å²) in [6, 6.07) is 5.54. The van der Waals surface area contributed by atoms with Gasteiger partial charge in [0.15, 0.2) is 5.78 Å². The second-order valence-corrected chi connectivity index (χ2v) is 5.79. The summed E-state index contributed by atoms with van der Waals surface area (Å²) >= 11 is 0. The van der Waals surface area contributed by atoms with Crippen LogP contribution in [0.2, 0.25) is 0 Å². The lowest BCUT2D eigenvalue weighted by atomic mass is 9.90. The molecule has 0 bridgehead atoms. The molecule has 1 atom stereocenters. The van der Waals surface area contributed by atoms with E-state index in [-0.39, 0.29) is 11.7 Å². The van der Waals surface area contributed by atoms with E-state index in [9.17, 15) is 9.59 Å². The topological polar surface area (TPSA) is 55.4 Å². The number of ether oxygens (including phenoxy) is 1. The van der Waals surface area contributed by atoms with Gasteiger partial charge < -0.3 is 10.1 Å². The van der Waals surface area contributed by atoms with Crippen LogP contribution in [0.5, 0.6) is 0 Å². The Morgan fingerprint density at radius 2 is 2.15 bits per heavy atom. The van der Waals surface area contributed by atoms with Crippen molar-refractivity contribution in [2.45, 2.75) is 44.6 Å². The zero-order valence-corrected chi connectivity index (χ0v) is 11.7. The third-order valence-corrected chi connectivity index (χ3v) is 4.19. The van der Waals surface area contributed by atoms with Gasteiger partial charge in [-0.1, -0.05) is 0 Å². The molecule has 1 saturated heterocycles. The minimum absolute atomic E-state index is 0.0494. The van der Waals surface area contributed by atoms with E-state index in [1.54, 1.807) is 6.07 Å². The van der Waals surface area contributed by atoms with Gasteiger partial charge >= 0.3 is 0 Å². The van der Waals surface area contributed by atoms with E-state index in [1.165, 1.54) is 0 Å². The van der Waals surface area contributed by atoms with Crippen LogP contribution in [0.4, 0.5) is 5.69 Å². The molecular weight excluding hydrogens is 254 g/mol. The lowest BCUT2D eigenvalue weighted by Crippen LogP contribution is -2.34. The Balaban J connectivity index is 1.90. The molecular formula is C16H19NO3. The molecule has 1 amide bonds. The van der Waals surface area contributed by atoms with Crippen molar-refractivity contribution in [3.63, 3.8) is 0 Å². The third-order valence-electron chi connectivity index (χ3n) is 4.19. The SMILES string of the molecule is CC1(C(=O)c2ccc3c(c2)CCCC(=O)N3)CCCO1. The average Bonchev–Trinajstić information content (AvgIpc) is 2.79. The molecule has 0 radical (unpaired) electrons. The molecule has 3 rings (SSSR count). The molecule has 0 aliphatic carbocycles. The minimum Gasteiger partial charge on any atom is -0.367 e. The van der Waals surface area contributed by atoms with Gasteiger partial charge in [-0.3, -0.25) is 9.59 Å². The smallest absolute Gasteiger partial charge is 0.224 e. The Morgan fingerprint density at radius 3 is 2.90 bits per heavy atom. The van der Waals surface area contributed by atoms with Crippen molar-refractivity contribution in [3.05, 3.63) is 29.3 Å². The van der Waals surface area contributed by atoms with Crippen LogP contribution in [0, 0.1) is 0 Å². The molecule has 1 aromatic carbocycles. The van der Waals surface area contributed by atoms with E-state index in [0.29, 0.717) is 18.6 Å². The van der Waals surface area contributed by atoms with Gasteiger partial charge in [0.2, 0.25) is 5.91 Å². The van der Waals surface area contributed by atoms with Crippen molar-refractivity contribution in [2.24, 2.45) is 0 Å². The van der Waals surface area contributed by atoms with Crippen molar-refractivity contribution in [3.8, 4) is 0 Å². The van der Waals surface area contributed by atoms with Crippen LogP contribution in [-0.2, 0) is 16.0 Å². The van der Waals surface area contributed by atoms with Gasteiger partial charge in [-0.2, -0.15) is 0 Å². The van der Waals surface area contributed by atoms with E-state index in [2.05, 4.69) is 5.32 Å². The van der Waals surface area contributed by atoms with E-state index < -0.39 is 5.60 Å². The van der Waals surface area contributed by atoms with Crippen LogP contribution < -0.4 is 5.32 Å². The Morgan fingerprint density at radius 1 is 1.30 bits per heavy atom. The Kier molecular flexibility index (Phi) is 3.34. The molecule has 4 nitrogen and oxygen atoms in total. The highest BCUT2D eigenvalue weighted by Crippen LogP contribution is 2.31. The van der Waals surface area contributed by atoms with Crippen LogP contribution in [0.3, 0.4) is 0 Å². The second-order valence-electron chi connectivity index (χ2n) is 5.79. The van der Waals surface area contributed by atoms with E-state index in [1.807, 2.05) is 19.1 Å². The fourth-order valence-electron chi connectivity index (χ4n) is 2.98. The average molecular weight is 273 g/mol. The molecule has 2 aliphatic rings. The number of amides is 1. The van der Waals surface area contributed by atoms with Gasteiger partial charge in [0, 0.05) is 24.3 Å². The highest BCUT2D eigenvalue weighted by Gasteiger charge is 2.38. The second kappa shape index (κ2) is 5.02. The van der Waals surface area contributed by atoms with Crippen molar-refractivity contribution in [1.29, 1.82) is 0 Å². The number of fused-ring (bicyclic) bond motifs is 1. The predicted octanol–water partition coefficient (Wildman–Crippen LogP) is 2.71. The number of hydrogen-bond acceptors (Lipinski definition) is 3. The van der Waals surface area contributed by atoms with Gasteiger partial charge in [0.05, 0.1) is 0 Å². The van der Waals surface area contributed by atoms with Crippen LogP contribution in [0.25, 0.3) is 0 Å². The molecule has 4 heteroatoms. The van der Waals surface area contributed by atoms with Crippen molar-refractivity contribution in [2.75, 3.05) is 11.9 Å². The number of rotatable bonds is 2. The Hall–Kier alpha value is -1.68. The van der Waals surface area contributed by atoms with Crippen LogP contribution in [0.15, 0.2) is 18.2 Å². The fourth-order valence-corrected chi connectivity index (χ4v) is 2.98. The van der Waals surface area contributed by atoms with Crippen molar-refractivity contribution in [1.82, 2.24) is 0 Å². The molecule has 0 aromatic heterocycles. The lowest BCUT2D eigenvalue weighted by Gasteiger charge is -2.22. The first-order valence-corrected chi connectivity index (χ1v) is 7.20. The van der Waals surface area contributed by atoms with Crippen LogP contribution in [-0.4, -0.2) is 23.9 Å². The quantitative estimate of drug-likeness (QED) is 0.843. The monoisotopic (exact) mass is 273 g/mol. The molecule has 2 aliphatic heterocycles. The van der Waals surface area contributed by atoms with Gasteiger partial charge in [-0.05, 0) is 56.4 Å². The molecule has 0 spiro atoms. The normalized spacial score (nSPS) is 25.8. The summed E-state index contributed by atoms with van der Waals surface area (Å²) in [7, 11) is 0. The fraction of sp³-hybridized carbons (Fsp3) is 0.500. The molecule has 1 N–H and O–H groups in total. The number of Topliss-reactive ketones (excluding diaryl/α,β-unsaturated/α-hetero) is 1. The first kappa shape index (κ1) is 13.3. The zero-order valence-electron chi connectivity index (χ0n) is 11.7. The summed E-state index contributed by atoms with van der Waals surface area (Å²) in [6.07, 6.45) is 3.90. The Labute approximate surface area is 118 Å². The summed E-state index contributed by atoms with van der Waals surface area (Å²) in [6.45, 7) is 2.53. The van der Waals surface area contributed by atoms with Crippen LogP contribution >= 0.6 is 0 Å². The number of carbonyl (C=O) groups is 2. The van der Waals surface area contributed by atoms with Gasteiger partial charge in [0.25, 0.3) is 0 Å². The maximum absolute atomic E-state index is 12.6. The predicted molar refractivity (Wildman–Crippen MR) is 75.9 cm³/mol. The molecule has 106 valence electrons. The zero-order chi connectivity index (χ0) is 14.2. The maximum Gasteiger partial charge on any atom is 0.224 e. The lowest BCUT2D eigenvalue weighted by molar-refractivity contribution is -0.116. The number of aryl methyl sites for hydroxylation is 1. The maximum atomic E-state index is 12.6. The molecule has 0 saturated carbocycles. The van der Waals surface area contributed by atoms with E-state index in [0.717, 1.165) is 36.9 Å². The van der Waals surface area contributed by atoms with E-state index >= 15 is 0 Å². The summed E-state index contributed by atoms with van der Waals surface area (Å²) < 4.78 is 5.62. The number of hydrogen-bond donors (Lipinski definition) is 1. The van der Waals surface area contributed by atoms with Gasteiger partial charge in [-0.25, -0.2) is 0 Å². The summed E-state index contributed by atoms with van der Waals surface area (Å²) in [5.41, 5.74) is 1.89. The number of carbonyl (C=O) groups excluding carboxylic acids is 2. The third kappa shape index (κ3) is 2.36. The number of nitrogens with one attached hydrogen (secondary N) is 1.